The molecule has 1 aliphatic heterocycles. The average molecular weight is 638 g/mol. The van der Waals surface area contributed by atoms with Gasteiger partial charge in [0.15, 0.2) is 0 Å². The van der Waals surface area contributed by atoms with Crippen molar-refractivity contribution < 1.29 is 9.53 Å². The van der Waals surface area contributed by atoms with Crippen molar-refractivity contribution >= 4 is 55.8 Å². The number of nitrogens with two attached hydrogens (primary N) is 1. The Kier molecular flexibility index (Phi) is 9.70. The van der Waals surface area contributed by atoms with E-state index < -0.39 is 0 Å². The van der Waals surface area contributed by atoms with Gasteiger partial charge >= 0.3 is 0 Å². The Morgan fingerprint density at radius 3 is 2.65 bits per heavy atom. The molecule has 1 fully saturated rings. The molecule has 0 spiro atoms. The highest BCUT2D eigenvalue weighted by atomic mass is 32.1. The number of aryl methyl sites for hydroxylation is 1. The Bertz CT molecular complexity index is 1870. The van der Waals surface area contributed by atoms with Crippen molar-refractivity contribution in [3.63, 3.8) is 0 Å². The lowest BCUT2D eigenvalue weighted by Gasteiger charge is -2.34. The molecule has 5 aromatic rings. The van der Waals surface area contributed by atoms with E-state index in [1.54, 1.807) is 18.4 Å². The van der Waals surface area contributed by atoms with Crippen molar-refractivity contribution in [2.75, 3.05) is 78.1 Å². The average Bonchev–Trinajstić information content (AvgIpc) is 3.66. The molecule has 0 bridgehead atoms. The zero-order chi connectivity index (χ0) is 32.2. The van der Waals surface area contributed by atoms with E-state index in [2.05, 4.69) is 56.6 Å². The third kappa shape index (κ3) is 6.80. The van der Waals surface area contributed by atoms with E-state index in [-0.39, 0.29) is 5.91 Å². The molecule has 240 valence electrons. The number of hydrogen-bond acceptors (Lipinski definition) is 8. The van der Waals surface area contributed by atoms with Crippen LogP contribution in [0.3, 0.4) is 0 Å². The largest absolute Gasteiger partial charge is 0.495 e. The van der Waals surface area contributed by atoms with Gasteiger partial charge in [-0.3, -0.25) is 9.69 Å². The van der Waals surface area contributed by atoms with Crippen molar-refractivity contribution in [1.82, 2.24) is 24.3 Å². The van der Waals surface area contributed by atoms with Gasteiger partial charge in [-0.1, -0.05) is 36.4 Å². The van der Waals surface area contributed by atoms with Crippen LogP contribution in [0.1, 0.15) is 22.5 Å². The molecular formula is C36H43N7O2S. The van der Waals surface area contributed by atoms with Gasteiger partial charge in [0.1, 0.15) is 17.3 Å². The number of aromatic nitrogens is 2. The topological polar surface area (TPSA) is 91.9 Å². The van der Waals surface area contributed by atoms with Gasteiger partial charge in [-0.2, -0.15) is 0 Å². The number of methoxy groups -OCH3 is 1. The van der Waals surface area contributed by atoms with Gasteiger partial charge < -0.3 is 30.2 Å². The Morgan fingerprint density at radius 2 is 1.89 bits per heavy atom. The summed E-state index contributed by atoms with van der Waals surface area (Å²) in [5, 5.41) is 7.12. The number of amides is 1. The van der Waals surface area contributed by atoms with E-state index in [1.807, 2.05) is 66.3 Å². The van der Waals surface area contributed by atoms with E-state index >= 15 is 0 Å². The van der Waals surface area contributed by atoms with Gasteiger partial charge in [-0.15, -0.1) is 11.3 Å². The molecule has 3 N–H and O–H groups in total. The lowest BCUT2D eigenvalue weighted by molar-refractivity contribution is 0.101. The molecule has 1 saturated heterocycles. The van der Waals surface area contributed by atoms with Crippen LogP contribution in [0.25, 0.3) is 38.2 Å². The number of carbonyl (C=O) groups is 1. The summed E-state index contributed by atoms with van der Waals surface area (Å²) in [4.78, 5) is 25.2. The van der Waals surface area contributed by atoms with Crippen LogP contribution in [0.4, 0.5) is 11.5 Å². The minimum absolute atomic E-state index is 0.197. The number of rotatable bonds is 11. The second-order valence-corrected chi connectivity index (χ2v) is 13.0. The first kappa shape index (κ1) is 31.7. The fourth-order valence-electron chi connectivity index (χ4n) is 6.21. The third-order valence-electron chi connectivity index (χ3n) is 8.80. The number of fused-ring (bicyclic) bond motifs is 2. The number of nitrogens with one attached hydrogen (secondary N) is 1. The van der Waals surface area contributed by atoms with Crippen molar-refractivity contribution in [2.45, 2.75) is 6.42 Å². The van der Waals surface area contributed by atoms with Gasteiger partial charge in [-0.25, -0.2) is 4.98 Å². The molecule has 46 heavy (non-hydrogen) atoms. The van der Waals surface area contributed by atoms with Gasteiger partial charge in [0.25, 0.3) is 5.91 Å². The van der Waals surface area contributed by atoms with Gasteiger partial charge in [0.05, 0.1) is 12.8 Å². The molecule has 9 nitrogen and oxygen atoms in total. The summed E-state index contributed by atoms with van der Waals surface area (Å²) in [7, 11) is 7.78. The number of nitrogens with zero attached hydrogens (tertiary/aromatic N) is 5. The molecule has 2 aromatic carbocycles. The first-order valence-corrected chi connectivity index (χ1v) is 16.7. The predicted octanol–water partition coefficient (Wildman–Crippen LogP) is 5.88. The molecule has 0 aliphatic carbocycles. The molecule has 1 aliphatic rings. The molecular weight excluding hydrogens is 595 g/mol. The van der Waals surface area contributed by atoms with Crippen LogP contribution in [-0.2, 0) is 7.05 Å². The van der Waals surface area contributed by atoms with E-state index in [0.29, 0.717) is 22.9 Å². The molecule has 10 heteroatoms. The second-order valence-electron chi connectivity index (χ2n) is 12.2. The summed E-state index contributed by atoms with van der Waals surface area (Å²) in [5.74, 6) is 0.878. The van der Waals surface area contributed by atoms with Crippen LogP contribution in [0, 0.1) is 0 Å². The highest BCUT2D eigenvalue weighted by molar-refractivity contribution is 7.18. The normalized spacial score (nSPS) is 14.6. The van der Waals surface area contributed by atoms with E-state index in [0.717, 1.165) is 76.9 Å². The standard InChI is InChI=1S/C36H43N7O2S/c1-40(2)14-8-16-43-19-17-42(18-20-43)15-7-10-27-23-38-35(37)33-28(24-46-34(27)33)25-12-13-29(32(22-25)45-4)39-36(44)31-21-26-9-5-6-11-30(26)41(31)3/h5-7,9-13,21-24H,8,14-20H2,1-4H3,(H2,37,38)(H,39,44)/b10-7+. The zero-order valence-corrected chi connectivity index (χ0v) is 27.9. The number of pyridine rings is 1. The maximum absolute atomic E-state index is 13.3. The molecule has 0 unspecified atom stereocenters. The first-order valence-electron chi connectivity index (χ1n) is 15.8. The molecule has 0 atom stereocenters. The summed E-state index contributed by atoms with van der Waals surface area (Å²) >= 11 is 1.67. The quantitative estimate of drug-likeness (QED) is 0.187. The summed E-state index contributed by atoms with van der Waals surface area (Å²) in [6.45, 7) is 7.65. The maximum Gasteiger partial charge on any atom is 0.272 e. The van der Waals surface area contributed by atoms with Crippen LogP contribution in [0.2, 0.25) is 0 Å². The fraction of sp³-hybridized carbons (Fsp3) is 0.333. The molecule has 0 radical (unpaired) electrons. The lowest BCUT2D eigenvalue weighted by Crippen LogP contribution is -2.46. The first-order chi connectivity index (χ1) is 22.3. The number of ether oxygens (including phenoxy) is 1. The molecule has 4 heterocycles. The number of carbonyl (C=O) groups excluding carboxylic acids is 1. The third-order valence-corrected chi connectivity index (χ3v) is 9.83. The Labute approximate surface area is 274 Å². The summed E-state index contributed by atoms with van der Waals surface area (Å²) in [5.41, 5.74) is 11.7. The number of nitrogen functional groups attached to an aromatic ring is 1. The van der Waals surface area contributed by atoms with Crippen molar-refractivity contribution in [3.05, 3.63) is 77.4 Å². The molecule has 0 saturated carbocycles. The minimum atomic E-state index is -0.197. The van der Waals surface area contributed by atoms with Crippen LogP contribution < -0.4 is 15.8 Å². The molecule has 3 aromatic heterocycles. The highest BCUT2D eigenvalue weighted by Gasteiger charge is 2.19. The fourth-order valence-corrected chi connectivity index (χ4v) is 7.29. The van der Waals surface area contributed by atoms with Crippen molar-refractivity contribution in [3.8, 4) is 16.9 Å². The molecule has 6 rings (SSSR count). The Balaban J connectivity index is 1.15. The lowest BCUT2D eigenvalue weighted by atomic mass is 10.0. The number of piperazine rings is 1. The molecule has 1 amide bonds. The maximum atomic E-state index is 13.3. The summed E-state index contributed by atoms with van der Waals surface area (Å²) in [6, 6.07) is 15.7. The van der Waals surface area contributed by atoms with Gasteiger partial charge in [0, 0.05) is 78.1 Å². The van der Waals surface area contributed by atoms with Crippen LogP contribution in [0.15, 0.2) is 66.2 Å². The van der Waals surface area contributed by atoms with Crippen LogP contribution >= 0.6 is 11.3 Å². The highest BCUT2D eigenvalue weighted by Crippen LogP contribution is 2.41. The van der Waals surface area contributed by atoms with E-state index in [1.165, 1.54) is 13.0 Å². The Morgan fingerprint density at radius 1 is 1.11 bits per heavy atom. The summed E-state index contributed by atoms with van der Waals surface area (Å²) in [6.07, 6.45) is 7.49. The predicted molar refractivity (Wildman–Crippen MR) is 192 cm³/mol. The van der Waals surface area contributed by atoms with Gasteiger partial charge in [-0.05, 0) is 68.8 Å². The second kappa shape index (κ2) is 14.0. The van der Waals surface area contributed by atoms with E-state index in [4.69, 9.17) is 10.5 Å². The smallest absolute Gasteiger partial charge is 0.272 e. The summed E-state index contributed by atoms with van der Waals surface area (Å²) < 4.78 is 8.75. The monoisotopic (exact) mass is 637 g/mol. The number of benzene rings is 2. The van der Waals surface area contributed by atoms with Crippen LogP contribution in [-0.4, -0.2) is 97.2 Å². The van der Waals surface area contributed by atoms with Crippen molar-refractivity contribution in [1.29, 1.82) is 0 Å². The van der Waals surface area contributed by atoms with Crippen LogP contribution in [0.5, 0.6) is 5.75 Å². The zero-order valence-electron chi connectivity index (χ0n) is 27.1. The number of para-hydroxylation sites is 1. The van der Waals surface area contributed by atoms with Gasteiger partial charge in [0.2, 0.25) is 0 Å². The van der Waals surface area contributed by atoms with E-state index in [9.17, 15) is 4.79 Å². The van der Waals surface area contributed by atoms with Crippen molar-refractivity contribution in [2.24, 2.45) is 7.05 Å². The number of hydrogen-bond donors (Lipinski definition) is 2. The number of thiophene rings is 1. The number of anilines is 2. The SMILES string of the molecule is COc1cc(-c2csc3c(/C=C/CN4CCN(CCCN(C)C)CC4)cnc(N)c23)ccc1NC(=O)c1cc2ccccc2n1C. The Hall–Kier alpha value is -4.22. The minimum Gasteiger partial charge on any atom is -0.495 e.